The molecule has 144 valence electrons. The number of para-hydroxylation sites is 1. The van der Waals surface area contributed by atoms with Crippen molar-refractivity contribution in [3.05, 3.63) is 53.6 Å². The lowest BCUT2D eigenvalue weighted by atomic mass is 9.91. The summed E-state index contributed by atoms with van der Waals surface area (Å²) in [6, 6.07) is 11.1. The second-order valence-corrected chi connectivity index (χ2v) is 6.64. The van der Waals surface area contributed by atoms with E-state index in [0.717, 1.165) is 4.90 Å². The van der Waals surface area contributed by atoms with E-state index in [0.29, 0.717) is 28.4 Å². The molecule has 0 bridgehead atoms. The Kier molecular flexibility index (Phi) is 4.18. The Labute approximate surface area is 161 Å². The molecule has 2 aliphatic heterocycles. The SMILES string of the molecule is COc1ccccc1C(=O)CN1C(=O)N[C@](C)(c2ccc3c(c2)OCO3)C1=O. The van der Waals surface area contributed by atoms with E-state index < -0.39 is 23.3 Å². The van der Waals surface area contributed by atoms with Gasteiger partial charge in [0.1, 0.15) is 11.3 Å². The maximum absolute atomic E-state index is 13.0. The van der Waals surface area contributed by atoms with Crippen molar-refractivity contribution in [2.24, 2.45) is 0 Å². The number of amides is 3. The molecule has 2 aromatic carbocycles. The Hall–Kier alpha value is -3.55. The van der Waals surface area contributed by atoms with E-state index in [9.17, 15) is 14.4 Å². The van der Waals surface area contributed by atoms with Crippen LogP contribution in [0.3, 0.4) is 0 Å². The molecular weight excluding hydrogens is 364 g/mol. The summed E-state index contributed by atoms with van der Waals surface area (Å²) < 4.78 is 15.8. The smallest absolute Gasteiger partial charge is 0.325 e. The molecule has 1 fully saturated rings. The van der Waals surface area contributed by atoms with E-state index in [-0.39, 0.29) is 13.3 Å². The van der Waals surface area contributed by atoms with Gasteiger partial charge < -0.3 is 19.5 Å². The second-order valence-electron chi connectivity index (χ2n) is 6.64. The van der Waals surface area contributed by atoms with Crippen LogP contribution in [0.5, 0.6) is 17.2 Å². The monoisotopic (exact) mass is 382 g/mol. The van der Waals surface area contributed by atoms with Crippen LogP contribution in [0.15, 0.2) is 42.5 Å². The Morgan fingerprint density at radius 1 is 1.18 bits per heavy atom. The molecule has 0 unspecified atom stereocenters. The van der Waals surface area contributed by atoms with Crippen LogP contribution in [0.4, 0.5) is 4.79 Å². The number of rotatable bonds is 5. The van der Waals surface area contributed by atoms with Crippen LogP contribution in [0.1, 0.15) is 22.8 Å². The fourth-order valence-electron chi connectivity index (χ4n) is 3.35. The molecule has 8 heteroatoms. The summed E-state index contributed by atoms with van der Waals surface area (Å²) in [5, 5.41) is 2.68. The molecule has 4 rings (SSSR count). The molecule has 1 atom stereocenters. The van der Waals surface area contributed by atoms with Gasteiger partial charge in [-0.15, -0.1) is 0 Å². The lowest BCUT2D eigenvalue weighted by Crippen LogP contribution is -2.41. The summed E-state index contributed by atoms with van der Waals surface area (Å²) in [5.41, 5.74) is -0.455. The fraction of sp³-hybridized carbons (Fsp3) is 0.250. The number of nitrogens with zero attached hydrogens (tertiary/aromatic N) is 1. The largest absolute Gasteiger partial charge is 0.496 e. The first-order chi connectivity index (χ1) is 13.4. The minimum atomic E-state index is -1.31. The van der Waals surface area contributed by atoms with Crippen molar-refractivity contribution < 1.29 is 28.6 Å². The van der Waals surface area contributed by atoms with Crippen molar-refractivity contribution in [1.82, 2.24) is 10.2 Å². The number of hydrogen-bond acceptors (Lipinski definition) is 6. The Bertz CT molecular complexity index is 988. The summed E-state index contributed by atoms with van der Waals surface area (Å²) in [6.45, 7) is 1.32. The highest BCUT2D eigenvalue weighted by Crippen LogP contribution is 2.37. The summed E-state index contributed by atoms with van der Waals surface area (Å²) in [5.74, 6) is 0.560. The van der Waals surface area contributed by atoms with Gasteiger partial charge in [-0.1, -0.05) is 18.2 Å². The van der Waals surface area contributed by atoms with Gasteiger partial charge in [-0.05, 0) is 36.8 Å². The van der Waals surface area contributed by atoms with Crippen molar-refractivity contribution in [3.63, 3.8) is 0 Å². The number of methoxy groups -OCH3 is 1. The number of benzene rings is 2. The highest BCUT2D eigenvalue weighted by atomic mass is 16.7. The van der Waals surface area contributed by atoms with E-state index in [1.807, 2.05) is 0 Å². The number of urea groups is 1. The number of ketones is 1. The zero-order chi connectivity index (χ0) is 19.9. The molecule has 1 N–H and O–H groups in total. The normalized spacial score (nSPS) is 20.3. The fourth-order valence-corrected chi connectivity index (χ4v) is 3.35. The summed E-state index contributed by atoms with van der Waals surface area (Å²) >= 11 is 0. The van der Waals surface area contributed by atoms with Crippen molar-refractivity contribution in [3.8, 4) is 17.2 Å². The van der Waals surface area contributed by atoms with Crippen molar-refractivity contribution in [1.29, 1.82) is 0 Å². The lowest BCUT2D eigenvalue weighted by molar-refractivity contribution is -0.130. The average molecular weight is 382 g/mol. The highest BCUT2D eigenvalue weighted by molar-refractivity contribution is 6.11. The van der Waals surface area contributed by atoms with Gasteiger partial charge in [0.05, 0.1) is 19.2 Å². The average Bonchev–Trinajstić information content (AvgIpc) is 3.26. The van der Waals surface area contributed by atoms with E-state index >= 15 is 0 Å². The number of carbonyl (C=O) groups excluding carboxylic acids is 3. The van der Waals surface area contributed by atoms with Crippen LogP contribution in [-0.4, -0.2) is 43.1 Å². The minimum Gasteiger partial charge on any atom is -0.496 e. The third-order valence-corrected chi connectivity index (χ3v) is 4.93. The first-order valence-electron chi connectivity index (χ1n) is 8.64. The minimum absolute atomic E-state index is 0.106. The molecule has 28 heavy (non-hydrogen) atoms. The Balaban J connectivity index is 1.59. The number of Topliss-reactive ketones (excluding diaryl/α,β-unsaturated/α-hetero) is 1. The van der Waals surface area contributed by atoms with Crippen LogP contribution < -0.4 is 19.5 Å². The van der Waals surface area contributed by atoms with Gasteiger partial charge >= 0.3 is 6.03 Å². The molecule has 1 saturated heterocycles. The Morgan fingerprint density at radius 2 is 1.93 bits per heavy atom. The van der Waals surface area contributed by atoms with Gasteiger partial charge in [0, 0.05) is 0 Å². The van der Waals surface area contributed by atoms with Crippen molar-refractivity contribution in [2.75, 3.05) is 20.4 Å². The predicted octanol–water partition coefficient (Wildman–Crippen LogP) is 2.07. The molecule has 0 saturated carbocycles. The van der Waals surface area contributed by atoms with Crippen LogP contribution in [0, 0.1) is 0 Å². The number of ether oxygens (including phenoxy) is 3. The Morgan fingerprint density at radius 3 is 2.71 bits per heavy atom. The topological polar surface area (TPSA) is 94.2 Å². The third kappa shape index (κ3) is 2.74. The second kappa shape index (κ2) is 6.56. The summed E-state index contributed by atoms with van der Waals surface area (Å²) in [7, 11) is 1.45. The van der Waals surface area contributed by atoms with Gasteiger partial charge in [-0.2, -0.15) is 0 Å². The van der Waals surface area contributed by atoms with Gasteiger partial charge in [-0.25, -0.2) is 4.79 Å². The zero-order valence-corrected chi connectivity index (χ0v) is 15.4. The van der Waals surface area contributed by atoms with Crippen LogP contribution >= 0.6 is 0 Å². The summed E-state index contributed by atoms with van der Waals surface area (Å²) in [4.78, 5) is 39.1. The quantitative estimate of drug-likeness (QED) is 0.629. The molecule has 2 heterocycles. The first kappa shape index (κ1) is 17.8. The van der Waals surface area contributed by atoms with E-state index in [1.165, 1.54) is 7.11 Å². The molecule has 0 radical (unpaired) electrons. The molecule has 8 nitrogen and oxygen atoms in total. The molecule has 2 aromatic rings. The highest BCUT2D eigenvalue weighted by Gasteiger charge is 2.50. The molecule has 2 aliphatic rings. The maximum Gasteiger partial charge on any atom is 0.325 e. The number of carbonyl (C=O) groups is 3. The van der Waals surface area contributed by atoms with Gasteiger partial charge in [0.25, 0.3) is 5.91 Å². The lowest BCUT2D eigenvalue weighted by Gasteiger charge is -2.22. The first-order valence-corrected chi connectivity index (χ1v) is 8.64. The molecule has 0 spiro atoms. The van der Waals surface area contributed by atoms with Gasteiger partial charge in [-0.3, -0.25) is 14.5 Å². The molecular formula is C20H18N2O6. The standard InChI is InChI=1S/C20H18N2O6/c1-20(12-7-8-16-17(9-12)28-11-27-16)18(24)22(19(25)21-20)10-14(23)13-5-3-4-6-15(13)26-2/h3-9H,10-11H2,1-2H3,(H,21,25)/t20-/m1/s1. The zero-order valence-electron chi connectivity index (χ0n) is 15.4. The molecule has 0 aromatic heterocycles. The summed E-state index contributed by atoms with van der Waals surface area (Å²) in [6.07, 6.45) is 0. The molecule has 3 amide bonds. The third-order valence-electron chi connectivity index (χ3n) is 4.93. The van der Waals surface area contributed by atoms with Gasteiger partial charge in [0.15, 0.2) is 17.3 Å². The van der Waals surface area contributed by atoms with Crippen LogP contribution in [-0.2, 0) is 10.3 Å². The number of nitrogens with one attached hydrogen (secondary N) is 1. The van der Waals surface area contributed by atoms with E-state index in [4.69, 9.17) is 14.2 Å². The number of imide groups is 1. The van der Waals surface area contributed by atoms with Crippen molar-refractivity contribution >= 4 is 17.7 Å². The van der Waals surface area contributed by atoms with Gasteiger partial charge in [0.2, 0.25) is 6.79 Å². The maximum atomic E-state index is 13.0. The number of fused-ring (bicyclic) bond motifs is 1. The van der Waals surface area contributed by atoms with Crippen molar-refractivity contribution in [2.45, 2.75) is 12.5 Å². The van der Waals surface area contributed by atoms with E-state index in [2.05, 4.69) is 5.32 Å². The van der Waals surface area contributed by atoms with E-state index in [1.54, 1.807) is 49.4 Å². The van der Waals surface area contributed by atoms with Crippen LogP contribution in [0.25, 0.3) is 0 Å². The number of hydrogen-bond donors (Lipinski definition) is 1. The van der Waals surface area contributed by atoms with Crippen LogP contribution in [0.2, 0.25) is 0 Å². The molecule has 0 aliphatic carbocycles. The predicted molar refractivity (Wildman–Crippen MR) is 97.5 cm³/mol.